The lowest BCUT2D eigenvalue weighted by Crippen LogP contribution is -2.04. The summed E-state index contributed by atoms with van der Waals surface area (Å²) < 4.78 is 5.14. The van der Waals surface area contributed by atoms with Crippen molar-refractivity contribution in [2.24, 2.45) is 0 Å². The molecule has 0 saturated heterocycles. The Balaban J connectivity index is 2.08. The van der Waals surface area contributed by atoms with Crippen LogP contribution in [0.4, 0.5) is 5.82 Å². The van der Waals surface area contributed by atoms with Gasteiger partial charge < -0.3 is 15.2 Å². The van der Waals surface area contributed by atoms with E-state index in [4.69, 9.17) is 21.4 Å². The highest BCUT2D eigenvalue weighted by molar-refractivity contribution is 6.33. The van der Waals surface area contributed by atoms with E-state index in [-0.39, 0.29) is 10.6 Å². The number of nitrogens with one attached hydrogen (secondary N) is 1. The van der Waals surface area contributed by atoms with E-state index < -0.39 is 5.97 Å². The van der Waals surface area contributed by atoms with Gasteiger partial charge in [0, 0.05) is 12.7 Å². The normalized spacial score (nSPS) is 10.1. The van der Waals surface area contributed by atoms with Crippen molar-refractivity contribution in [1.82, 2.24) is 4.98 Å². The Labute approximate surface area is 121 Å². The number of nitrogens with zero attached hydrogens (tertiary/aromatic N) is 1. The van der Waals surface area contributed by atoms with Crippen LogP contribution in [0.25, 0.3) is 0 Å². The van der Waals surface area contributed by atoms with Crippen LogP contribution >= 0.6 is 11.6 Å². The maximum Gasteiger partial charge on any atom is 0.337 e. The molecule has 2 rings (SSSR count). The van der Waals surface area contributed by atoms with E-state index in [0.717, 1.165) is 11.3 Å². The minimum atomic E-state index is -1.06. The van der Waals surface area contributed by atoms with Gasteiger partial charge in [-0.2, -0.15) is 0 Å². The van der Waals surface area contributed by atoms with Gasteiger partial charge in [-0.3, -0.25) is 0 Å². The first-order chi connectivity index (χ1) is 9.60. The predicted molar refractivity (Wildman–Crippen MR) is 76.5 cm³/mol. The quantitative estimate of drug-likeness (QED) is 0.886. The van der Waals surface area contributed by atoms with Gasteiger partial charge >= 0.3 is 5.97 Å². The highest BCUT2D eigenvalue weighted by Crippen LogP contribution is 2.21. The van der Waals surface area contributed by atoms with Crippen LogP contribution in [0.1, 0.15) is 15.9 Å². The molecule has 0 aliphatic carbocycles. The molecule has 0 fully saturated rings. The molecule has 0 radical (unpaired) electrons. The van der Waals surface area contributed by atoms with Crippen LogP contribution in [0.5, 0.6) is 5.75 Å². The van der Waals surface area contributed by atoms with E-state index in [1.165, 1.54) is 12.3 Å². The smallest absolute Gasteiger partial charge is 0.337 e. The van der Waals surface area contributed by atoms with Gasteiger partial charge in [0.2, 0.25) is 0 Å². The van der Waals surface area contributed by atoms with Crippen LogP contribution in [-0.2, 0) is 6.54 Å². The first-order valence-electron chi connectivity index (χ1n) is 5.86. The molecule has 2 aromatic rings. The molecule has 0 aliphatic heterocycles. The Kier molecular flexibility index (Phi) is 4.42. The van der Waals surface area contributed by atoms with Crippen LogP contribution in [0.3, 0.4) is 0 Å². The lowest BCUT2D eigenvalue weighted by Gasteiger charge is -2.09. The molecule has 0 atom stereocenters. The summed E-state index contributed by atoms with van der Waals surface area (Å²) in [5.41, 5.74) is 1.06. The SMILES string of the molecule is COc1cccc(CNc2ncc(C(=O)O)cc2Cl)c1. The third-order valence-electron chi connectivity index (χ3n) is 2.68. The highest BCUT2D eigenvalue weighted by Gasteiger charge is 2.08. The summed E-state index contributed by atoms with van der Waals surface area (Å²) in [6, 6.07) is 8.95. The number of aromatic carboxylic acids is 1. The molecule has 0 aliphatic rings. The Morgan fingerprint density at radius 3 is 2.90 bits per heavy atom. The van der Waals surface area contributed by atoms with Gasteiger partial charge in [-0.1, -0.05) is 23.7 Å². The number of pyridine rings is 1. The summed E-state index contributed by atoms with van der Waals surface area (Å²) in [6.45, 7) is 0.510. The largest absolute Gasteiger partial charge is 0.497 e. The molecular formula is C14H13ClN2O3. The first kappa shape index (κ1) is 14.1. The molecule has 5 nitrogen and oxygen atoms in total. The zero-order valence-corrected chi connectivity index (χ0v) is 11.5. The predicted octanol–water partition coefficient (Wildman–Crippen LogP) is 3.05. The fraction of sp³-hybridized carbons (Fsp3) is 0.143. The van der Waals surface area contributed by atoms with Crippen molar-refractivity contribution in [2.75, 3.05) is 12.4 Å². The minimum Gasteiger partial charge on any atom is -0.497 e. The number of benzene rings is 1. The standard InChI is InChI=1S/C14H13ClN2O3/c1-20-11-4-2-3-9(5-11)7-16-13-12(15)6-10(8-17-13)14(18)19/h2-6,8H,7H2,1H3,(H,16,17)(H,18,19). The molecule has 2 N–H and O–H groups in total. The Hall–Kier alpha value is -2.27. The number of methoxy groups -OCH3 is 1. The van der Waals surface area contributed by atoms with E-state index in [0.29, 0.717) is 12.4 Å². The number of aromatic nitrogens is 1. The number of rotatable bonds is 5. The molecule has 1 heterocycles. The number of carbonyl (C=O) groups is 1. The summed E-state index contributed by atoms with van der Waals surface area (Å²) in [4.78, 5) is 14.8. The average Bonchev–Trinajstić information content (AvgIpc) is 2.46. The summed E-state index contributed by atoms with van der Waals surface area (Å²) in [7, 11) is 1.61. The van der Waals surface area contributed by atoms with Gasteiger partial charge in [-0.25, -0.2) is 9.78 Å². The molecule has 1 aromatic heterocycles. The number of ether oxygens (including phenoxy) is 1. The molecule has 0 bridgehead atoms. The second kappa shape index (κ2) is 6.25. The van der Waals surface area contributed by atoms with E-state index in [9.17, 15) is 4.79 Å². The van der Waals surface area contributed by atoms with Gasteiger partial charge in [-0.15, -0.1) is 0 Å². The maximum atomic E-state index is 10.8. The van der Waals surface area contributed by atoms with E-state index in [1.807, 2.05) is 24.3 Å². The number of carboxylic acids is 1. The van der Waals surface area contributed by atoms with Crippen molar-refractivity contribution < 1.29 is 14.6 Å². The third-order valence-corrected chi connectivity index (χ3v) is 2.97. The fourth-order valence-corrected chi connectivity index (χ4v) is 1.89. The number of anilines is 1. The molecule has 20 heavy (non-hydrogen) atoms. The molecule has 104 valence electrons. The molecule has 1 aromatic carbocycles. The lowest BCUT2D eigenvalue weighted by molar-refractivity contribution is 0.0696. The van der Waals surface area contributed by atoms with Crippen molar-refractivity contribution in [3.05, 3.63) is 52.7 Å². The van der Waals surface area contributed by atoms with Crippen LogP contribution in [0, 0.1) is 0 Å². The number of hydrogen-bond donors (Lipinski definition) is 2. The van der Waals surface area contributed by atoms with Gasteiger partial charge in [0.1, 0.15) is 11.6 Å². The molecule has 0 saturated carbocycles. The van der Waals surface area contributed by atoms with Crippen LogP contribution in [-0.4, -0.2) is 23.2 Å². The maximum absolute atomic E-state index is 10.8. The summed E-state index contributed by atoms with van der Waals surface area (Å²) >= 11 is 5.99. The average molecular weight is 293 g/mol. The molecule has 6 heteroatoms. The number of carboxylic acid groups (broad SMARTS) is 1. The first-order valence-corrected chi connectivity index (χ1v) is 6.23. The topological polar surface area (TPSA) is 71.5 Å². The van der Waals surface area contributed by atoms with Crippen LogP contribution in [0.15, 0.2) is 36.5 Å². The van der Waals surface area contributed by atoms with Gasteiger partial charge in [0.25, 0.3) is 0 Å². The van der Waals surface area contributed by atoms with Gasteiger partial charge in [0.15, 0.2) is 0 Å². The Morgan fingerprint density at radius 2 is 2.25 bits per heavy atom. The second-order valence-electron chi connectivity index (χ2n) is 4.06. The van der Waals surface area contributed by atoms with E-state index >= 15 is 0 Å². The summed E-state index contributed by atoms with van der Waals surface area (Å²) in [6.07, 6.45) is 1.27. The minimum absolute atomic E-state index is 0.0573. The van der Waals surface area contributed by atoms with E-state index in [1.54, 1.807) is 7.11 Å². The fourth-order valence-electron chi connectivity index (χ4n) is 1.65. The van der Waals surface area contributed by atoms with Gasteiger partial charge in [0.05, 0.1) is 17.7 Å². The van der Waals surface area contributed by atoms with Crippen LogP contribution < -0.4 is 10.1 Å². The highest BCUT2D eigenvalue weighted by atomic mass is 35.5. The third kappa shape index (κ3) is 3.39. The van der Waals surface area contributed by atoms with Crippen molar-refractivity contribution >= 4 is 23.4 Å². The summed E-state index contributed by atoms with van der Waals surface area (Å²) in [5.74, 6) is 0.155. The Bertz CT molecular complexity index is 632. The molecular weight excluding hydrogens is 280 g/mol. The van der Waals surface area contributed by atoms with Crippen molar-refractivity contribution in [3.8, 4) is 5.75 Å². The molecule has 0 spiro atoms. The summed E-state index contributed by atoms with van der Waals surface area (Å²) in [5, 5.41) is 12.2. The Morgan fingerprint density at radius 1 is 1.45 bits per heavy atom. The van der Waals surface area contributed by atoms with Crippen molar-refractivity contribution in [3.63, 3.8) is 0 Å². The molecule has 0 amide bonds. The van der Waals surface area contributed by atoms with E-state index in [2.05, 4.69) is 10.3 Å². The van der Waals surface area contributed by atoms with Gasteiger partial charge in [-0.05, 0) is 23.8 Å². The lowest BCUT2D eigenvalue weighted by atomic mass is 10.2. The second-order valence-corrected chi connectivity index (χ2v) is 4.47. The monoisotopic (exact) mass is 292 g/mol. The van der Waals surface area contributed by atoms with Crippen molar-refractivity contribution in [2.45, 2.75) is 6.54 Å². The van der Waals surface area contributed by atoms with Crippen molar-refractivity contribution in [1.29, 1.82) is 0 Å². The number of halogens is 1. The zero-order chi connectivity index (χ0) is 14.5. The molecule has 0 unspecified atom stereocenters. The number of hydrogen-bond acceptors (Lipinski definition) is 4. The zero-order valence-electron chi connectivity index (χ0n) is 10.8. The van der Waals surface area contributed by atoms with Crippen LogP contribution in [0.2, 0.25) is 5.02 Å².